The molecule has 1 unspecified atom stereocenters. The van der Waals surface area contributed by atoms with E-state index in [2.05, 4.69) is 34.6 Å². The van der Waals surface area contributed by atoms with Crippen LogP contribution < -0.4 is 5.73 Å². The summed E-state index contributed by atoms with van der Waals surface area (Å²) in [6.45, 7) is 13.3. The smallest absolute Gasteiger partial charge is 0.108 e. The van der Waals surface area contributed by atoms with Crippen LogP contribution in [-0.2, 0) is 4.74 Å². The molecule has 0 aromatic heterocycles. The number of thioether (sulfide) groups is 1. The number of nitrogens with two attached hydrogens (primary N) is 1. The standard InChI is InChI=1S/C10H23NOS/c1-8(11)7-12-10(5,6)13-9(2,3)4/h8H,7,11H2,1-6H3. The highest BCUT2D eigenvalue weighted by atomic mass is 32.2. The van der Waals surface area contributed by atoms with E-state index in [9.17, 15) is 0 Å². The average molecular weight is 205 g/mol. The summed E-state index contributed by atoms with van der Waals surface area (Å²) in [5.74, 6) is 0. The lowest BCUT2D eigenvalue weighted by Gasteiger charge is -2.32. The summed E-state index contributed by atoms with van der Waals surface area (Å²) in [7, 11) is 0. The molecule has 1 atom stereocenters. The first-order valence-electron chi connectivity index (χ1n) is 4.72. The predicted molar refractivity (Wildman–Crippen MR) is 61.0 cm³/mol. The third kappa shape index (κ3) is 8.60. The van der Waals surface area contributed by atoms with Gasteiger partial charge in [0.05, 0.1) is 6.61 Å². The van der Waals surface area contributed by atoms with Crippen molar-refractivity contribution in [3.8, 4) is 0 Å². The molecule has 13 heavy (non-hydrogen) atoms. The SMILES string of the molecule is CC(N)COC(C)(C)SC(C)(C)C. The van der Waals surface area contributed by atoms with E-state index in [0.717, 1.165) is 0 Å². The Bertz CT molecular complexity index is 149. The van der Waals surface area contributed by atoms with Gasteiger partial charge < -0.3 is 10.5 Å². The highest BCUT2D eigenvalue weighted by Crippen LogP contribution is 2.36. The molecule has 0 aliphatic carbocycles. The van der Waals surface area contributed by atoms with Gasteiger partial charge in [0.25, 0.3) is 0 Å². The molecule has 3 heteroatoms. The Morgan fingerprint density at radius 1 is 1.23 bits per heavy atom. The van der Waals surface area contributed by atoms with E-state index in [1.807, 2.05) is 18.7 Å². The predicted octanol–water partition coefficient (Wildman–Crippen LogP) is 2.62. The number of rotatable bonds is 4. The Hall–Kier alpha value is 0.270. The van der Waals surface area contributed by atoms with Gasteiger partial charge in [0.1, 0.15) is 4.93 Å². The van der Waals surface area contributed by atoms with E-state index in [4.69, 9.17) is 10.5 Å². The van der Waals surface area contributed by atoms with E-state index >= 15 is 0 Å². The summed E-state index contributed by atoms with van der Waals surface area (Å²) >= 11 is 1.82. The second kappa shape index (κ2) is 4.67. The summed E-state index contributed by atoms with van der Waals surface area (Å²) in [6, 6.07) is 0.111. The summed E-state index contributed by atoms with van der Waals surface area (Å²) in [5.41, 5.74) is 5.63. The molecule has 0 saturated heterocycles. The molecule has 0 radical (unpaired) electrons. The zero-order valence-electron chi connectivity index (χ0n) is 9.68. The molecule has 0 rings (SSSR count). The Labute approximate surface area is 86.6 Å². The zero-order valence-corrected chi connectivity index (χ0v) is 10.5. The largest absolute Gasteiger partial charge is 0.363 e. The van der Waals surface area contributed by atoms with Crippen molar-refractivity contribution in [3.05, 3.63) is 0 Å². The van der Waals surface area contributed by atoms with E-state index in [0.29, 0.717) is 6.61 Å². The molecule has 0 heterocycles. The van der Waals surface area contributed by atoms with Gasteiger partial charge >= 0.3 is 0 Å². The van der Waals surface area contributed by atoms with E-state index in [-0.39, 0.29) is 15.7 Å². The minimum Gasteiger partial charge on any atom is -0.363 e. The van der Waals surface area contributed by atoms with E-state index in [1.165, 1.54) is 0 Å². The van der Waals surface area contributed by atoms with Crippen LogP contribution in [0.5, 0.6) is 0 Å². The monoisotopic (exact) mass is 205 g/mol. The van der Waals surface area contributed by atoms with Gasteiger partial charge in [-0.15, -0.1) is 11.8 Å². The van der Waals surface area contributed by atoms with E-state index in [1.54, 1.807) is 0 Å². The maximum Gasteiger partial charge on any atom is 0.108 e. The van der Waals surface area contributed by atoms with Gasteiger partial charge in [-0.3, -0.25) is 0 Å². The first kappa shape index (κ1) is 13.3. The first-order valence-corrected chi connectivity index (χ1v) is 5.54. The third-order valence-electron chi connectivity index (χ3n) is 1.25. The van der Waals surface area contributed by atoms with Crippen LogP contribution in [0, 0.1) is 0 Å². The molecule has 2 N–H and O–H groups in total. The van der Waals surface area contributed by atoms with Crippen LogP contribution in [0.3, 0.4) is 0 Å². The number of ether oxygens (including phenoxy) is 1. The minimum absolute atomic E-state index is 0.111. The van der Waals surface area contributed by atoms with Gasteiger partial charge in [0, 0.05) is 10.8 Å². The lowest BCUT2D eigenvalue weighted by atomic mass is 10.3. The lowest BCUT2D eigenvalue weighted by molar-refractivity contribution is 0.0448. The quantitative estimate of drug-likeness (QED) is 0.717. The molecule has 0 aliphatic heterocycles. The minimum atomic E-state index is -0.147. The Balaban J connectivity index is 3.94. The molecule has 0 bridgehead atoms. The van der Waals surface area contributed by atoms with Crippen LogP contribution in [0.15, 0.2) is 0 Å². The number of hydrogen-bond acceptors (Lipinski definition) is 3. The van der Waals surface area contributed by atoms with Gasteiger partial charge in [-0.1, -0.05) is 20.8 Å². The van der Waals surface area contributed by atoms with Crippen molar-refractivity contribution in [1.29, 1.82) is 0 Å². The van der Waals surface area contributed by atoms with Gasteiger partial charge in [-0.05, 0) is 20.8 Å². The molecule has 0 fully saturated rings. The molecule has 0 saturated carbocycles. The topological polar surface area (TPSA) is 35.2 Å². The van der Waals surface area contributed by atoms with Crippen molar-refractivity contribution in [2.75, 3.05) is 6.61 Å². The normalized spacial score (nSPS) is 15.9. The molecule has 0 aliphatic rings. The molecule has 0 amide bonds. The van der Waals surface area contributed by atoms with Gasteiger partial charge in [0.2, 0.25) is 0 Å². The van der Waals surface area contributed by atoms with Crippen LogP contribution >= 0.6 is 11.8 Å². The van der Waals surface area contributed by atoms with Crippen LogP contribution in [0.25, 0.3) is 0 Å². The molecule has 0 aromatic rings. The van der Waals surface area contributed by atoms with Crippen molar-refractivity contribution in [1.82, 2.24) is 0 Å². The van der Waals surface area contributed by atoms with Crippen molar-refractivity contribution in [3.63, 3.8) is 0 Å². The fraction of sp³-hybridized carbons (Fsp3) is 1.00. The second-order valence-corrected chi connectivity index (χ2v) is 7.31. The fourth-order valence-electron chi connectivity index (χ4n) is 1.10. The lowest BCUT2D eigenvalue weighted by Crippen LogP contribution is -2.32. The van der Waals surface area contributed by atoms with Gasteiger partial charge in [0.15, 0.2) is 0 Å². The molecule has 80 valence electrons. The average Bonchev–Trinajstić information content (AvgIpc) is 1.78. The highest BCUT2D eigenvalue weighted by Gasteiger charge is 2.26. The Morgan fingerprint density at radius 3 is 2.00 bits per heavy atom. The van der Waals surface area contributed by atoms with Gasteiger partial charge in [-0.2, -0.15) is 0 Å². The molecule has 0 spiro atoms. The maximum atomic E-state index is 5.70. The first-order chi connectivity index (χ1) is 5.62. The van der Waals surface area contributed by atoms with Crippen molar-refractivity contribution in [2.45, 2.75) is 57.3 Å². The van der Waals surface area contributed by atoms with E-state index < -0.39 is 0 Å². The van der Waals surface area contributed by atoms with Crippen molar-refractivity contribution in [2.24, 2.45) is 5.73 Å². The van der Waals surface area contributed by atoms with Crippen LogP contribution in [0.1, 0.15) is 41.5 Å². The summed E-state index contributed by atoms with van der Waals surface area (Å²) < 4.78 is 5.93. The highest BCUT2D eigenvalue weighted by molar-refractivity contribution is 8.01. The van der Waals surface area contributed by atoms with Crippen LogP contribution in [0.4, 0.5) is 0 Å². The van der Waals surface area contributed by atoms with Crippen LogP contribution in [0.2, 0.25) is 0 Å². The maximum absolute atomic E-state index is 5.70. The zero-order chi connectivity index (χ0) is 10.7. The van der Waals surface area contributed by atoms with Crippen molar-refractivity contribution >= 4 is 11.8 Å². The third-order valence-corrected chi connectivity index (χ3v) is 2.47. The molecular formula is C10H23NOS. The molecular weight excluding hydrogens is 182 g/mol. The van der Waals surface area contributed by atoms with Crippen molar-refractivity contribution < 1.29 is 4.74 Å². The summed E-state index contributed by atoms with van der Waals surface area (Å²) in [5, 5.41) is 0. The Kier molecular flexibility index (Phi) is 4.77. The van der Waals surface area contributed by atoms with Gasteiger partial charge in [-0.25, -0.2) is 0 Å². The number of hydrogen-bond donors (Lipinski definition) is 1. The Morgan fingerprint density at radius 2 is 1.69 bits per heavy atom. The summed E-state index contributed by atoms with van der Waals surface area (Å²) in [4.78, 5) is -0.147. The van der Waals surface area contributed by atoms with Crippen LogP contribution in [-0.4, -0.2) is 22.3 Å². The fourth-order valence-corrected chi connectivity index (χ4v) is 2.70. The molecule has 2 nitrogen and oxygen atoms in total. The molecule has 0 aromatic carbocycles. The second-order valence-electron chi connectivity index (χ2n) is 4.90. The summed E-state index contributed by atoms with van der Waals surface area (Å²) in [6.07, 6.45) is 0.